The van der Waals surface area contributed by atoms with Crippen molar-refractivity contribution in [3.63, 3.8) is 0 Å². The second-order valence-corrected chi connectivity index (χ2v) is 3.75. The van der Waals surface area contributed by atoms with Crippen LogP contribution in [0.2, 0.25) is 0 Å². The summed E-state index contributed by atoms with van der Waals surface area (Å²) in [6, 6.07) is 9.99. The molecule has 0 saturated carbocycles. The molecular formula is C13H16N4. The molecule has 0 aliphatic rings. The molecule has 0 bridgehead atoms. The fourth-order valence-electron chi connectivity index (χ4n) is 1.47. The Bertz CT molecular complexity index is 482. The summed E-state index contributed by atoms with van der Waals surface area (Å²) in [7, 11) is 0. The van der Waals surface area contributed by atoms with Crippen molar-refractivity contribution in [2.45, 2.75) is 13.8 Å². The summed E-state index contributed by atoms with van der Waals surface area (Å²) in [5, 5.41) is 6.38. The minimum absolute atomic E-state index is 0.650. The smallest absolute Gasteiger partial charge is 0.224 e. The Kier molecular flexibility index (Phi) is 3.55. The Morgan fingerprint density at radius 1 is 1.18 bits per heavy atom. The third-order valence-electron chi connectivity index (χ3n) is 2.34. The lowest BCUT2D eigenvalue weighted by Crippen LogP contribution is -2.05. The number of para-hydroxylation sites is 1. The van der Waals surface area contributed by atoms with Gasteiger partial charge in [-0.1, -0.05) is 18.2 Å². The van der Waals surface area contributed by atoms with Crippen LogP contribution in [0.3, 0.4) is 0 Å². The molecule has 1 aromatic carbocycles. The van der Waals surface area contributed by atoms with Crippen LogP contribution in [0.25, 0.3) is 0 Å². The minimum Gasteiger partial charge on any atom is -0.354 e. The van der Waals surface area contributed by atoms with Crippen LogP contribution < -0.4 is 10.6 Å². The van der Waals surface area contributed by atoms with Crippen LogP contribution in [-0.2, 0) is 0 Å². The second-order valence-electron chi connectivity index (χ2n) is 3.75. The van der Waals surface area contributed by atoms with Gasteiger partial charge in [0.15, 0.2) is 0 Å². The molecule has 0 spiro atoms. The number of aromatic nitrogens is 2. The van der Waals surface area contributed by atoms with Crippen molar-refractivity contribution < 1.29 is 0 Å². The largest absolute Gasteiger partial charge is 0.354 e. The second kappa shape index (κ2) is 5.30. The van der Waals surface area contributed by atoms with Gasteiger partial charge in [-0.15, -0.1) is 0 Å². The molecule has 0 amide bonds. The van der Waals surface area contributed by atoms with Crippen molar-refractivity contribution in [2.75, 3.05) is 17.2 Å². The monoisotopic (exact) mass is 228 g/mol. The average Bonchev–Trinajstić information content (AvgIpc) is 2.35. The van der Waals surface area contributed by atoms with Crippen LogP contribution in [0.5, 0.6) is 0 Å². The van der Waals surface area contributed by atoms with E-state index in [4.69, 9.17) is 0 Å². The quantitative estimate of drug-likeness (QED) is 0.844. The van der Waals surface area contributed by atoms with Gasteiger partial charge in [0.1, 0.15) is 5.82 Å². The van der Waals surface area contributed by atoms with Crippen molar-refractivity contribution in [1.82, 2.24) is 9.97 Å². The fourth-order valence-corrected chi connectivity index (χ4v) is 1.47. The van der Waals surface area contributed by atoms with E-state index >= 15 is 0 Å². The van der Waals surface area contributed by atoms with Crippen LogP contribution >= 0.6 is 0 Å². The standard InChI is InChI=1S/C13H16N4/c1-3-14-13-15-9-10(2)12(17-13)16-11-7-5-4-6-8-11/h4-9H,3H2,1-2H3,(H2,14,15,16,17). The Balaban J connectivity index is 2.22. The van der Waals surface area contributed by atoms with Gasteiger partial charge in [0, 0.05) is 24.0 Å². The summed E-state index contributed by atoms with van der Waals surface area (Å²) in [6.07, 6.45) is 1.82. The van der Waals surface area contributed by atoms with E-state index in [1.807, 2.05) is 50.4 Å². The number of hydrogen-bond acceptors (Lipinski definition) is 4. The molecule has 0 unspecified atom stereocenters. The molecule has 0 saturated heterocycles. The number of nitrogens with zero attached hydrogens (tertiary/aromatic N) is 2. The van der Waals surface area contributed by atoms with Crippen molar-refractivity contribution >= 4 is 17.5 Å². The molecule has 2 aromatic rings. The van der Waals surface area contributed by atoms with E-state index in [0.29, 0.717) is 5.95 Å². The molecule has 88 valence electrons. The molecule has 4 nitrogen and oxygen atoms in total. The van der Waals surface area contributed by atoms with Crippen LogP contribution in [0.4, 0.5) is 17.5 Å². The van der Waals surface area contributed by atoms with Gasteiger partial charge in [0.25, 0.3) is 0 Å². The number of nitrogens with one attached hydrogen (secondary N) is 2. The number of rotatable bonds is 4. The number of hydrogen-bond donors (Lipinski definition) is 2. The lowest BCUT2D eigenvalue weighted by Gasteiger charge is -2.10. The number of anilines is 3. The maximum atomic E-state index is 4.42. The van der Waals surface area contributed by atoms with Crippen molar-refractivity contribution in [2.24, 2.45) is 0 Å². The molecule has 0 atom stereocenters. The highest BCUT2D eigenvalue weighted by atomic mass is 15.1. The van der Waals surface area contributed by atoms with E-state index < -0.39 is 0 Å². The topological polar surface area (TPSA) is 49.8 Å². The molecule has 0 aliphatic heterocycles. The maximum Gasteiger partial charge on any atom is 0.224 e. The van der Waals surface area contributed by atoms with Crippen LogP contribution in [0, 0.1) is 6.92 Å². The molecule has 0 radical (unpaired) electrons. The summed E-state index contributed by atoms with van der Waals surface area (Å²) >= 11 is 0. The maximum absolute atomic E-state index is 4.42. The van der Waals surface area contributed by atoms with E-state index in [1.54, 1.807) is 0 Å². The van der Waals surface area contributed by atoms with Gasteiger partial charge in [-0.05, 0) is 26.0 Å². The molecule has 2 N–H and O–H groups in total. The van der Waals surface area contributed by atoms with Crippen LogP contribution in [0.1, 0.15) is 12.5 Å². The van der Waals surface area contributed by atoms with E-state index in [-0.39, 0.29) is 0 Å². The number of benzene rings is 1. The van der Waals surface area contributed by atoms with Gasteiger partial charge in [0.2, 0.25) is 5.95 Å². The predicted octanol–water partition coefficient (Wildman–Crippen LogP) is 2.96. The first-order valence-electron chi connectivity index (χ1n) is 5.69. The Morgan fingerprint density at radius 3 is 2.65 bits per heavy atom. The minimum atomic E-state index is 0.650. The summed E-state index contributed by atoms with van der Waals surface area (Å²) in [6.45, 7) is 4.82. The van der Waals surface area contributed by atoms with E-state index in [1.165, 1.54) is 0 Å². The van der Waals surface area contributed by atoms with Gasteiger partial charge in [-0.3, -0.25) is 0 Å². The lowest BCUT2D eigenvalue weighted by molar-refractivity contribution is 1.07. The highest BCUT2D eigenvalue weighted by molar-refractivity contribution is 5.59. The summed E-state index contributed by atoms with van der Waals surface area (Å²) in [4.78, 5) is 8.63. The molecule has 2 rings (SSSR count). The summed E-state index contributed by atoms with van der Waals surface area (Å²) in [5.41, 5.74) is 2.05. The van der Waals surface area contributed by atoms with E-state index in [0.717, 1.165) is 23.6 Å². The van der Waals surface area contributed by atoms with Gasteiger partial charge in [-0.2, -0.15) is 4.98 Å². The Morgan fingerprint density at radius 2 is 1.94 bits per heavy atom. The highest BCUT2D eigenvalue weighted by Crippen LogP contribution is 2.18. The van der Waals surface area contributed by atoms with Gasteiger partial charge >= 0.3 is 0 Å². The van der Waals surface area contributed by atoms with Gasteiger partial charge < -0.3 is 10.6 Å². The molecule has 17 heavy (non-hydrogen) atoms. The van der Waals surface area contributed by atoms with Gasteiger partial charge in [0.05, 0.1) is 0 Å². The van der Waals surface area contributed by atoms with E-state index in [2.05, 4.69) is 20.6 Å². The third kappa shape index (κ3) is 2.93. The first-order chi connectivity index (χ1) is 8.29. The first kappa shape index (κ1) is 11.4. The van der Waals surface area contributed by atoms with Gasteiger partial charge in [-0.25, -0.2) is 4.98 Å². The van der Waals surface area contributed by atoms with Crippen molar-refractivity contribution in [1.29, 1.82) is 0 Å². The average molecular weight is 228 g/mol. The third-order valence-corrected chi connectivity index (χ3v) is 2.34. The van der Waals surface area contributed by atoms with Crippen LogP contribution in [0.15, 0.2) is 36.5 Å². The lowest BCUT2D eigenvalue weighted by atomic mass is 10.3. The first-order valence-corrected chi connectivity index (χ1v) is 5.69. The predicted molar refractivity (Wildman–Crippen MR) is 70.7 cm³/mol. The summed E-state index contributed by atoms with van der Waals surface area (Å²) in [5.74, 6) is 1.48. The van der Waals surface area contributed by atoms with Crippen LogP contribution in [-0.4, -0.2) is 16.5 Å². The number of aryl methyl sites for hydroxylation is 1. The fraction of sp³-hybridized carbons (Fsp3) is 0.231. The highest BCUT2D eigenvalue weighted by Gasteiger charge is 2.03. The summed E-state index contributed by atoms with van der Waals surface area (Å²) < 4.78 is 0. The molecule has 0 aliphatic carbocycles. The molecule has 1 aromatic heterocycles. The zero-order valence-corrected chi connectivity index (χ0v) is 10.1. The van der Waals surface area contributed by atoms with Crippen molar-refractivity contribution in [3.8, 4) is 0 Å². The normalized spacial score (nSPS) is 10.0. The van der Waals surface area contributed by atoms with Crippen molar-refractivity contribution in [3.05, 3.63) is 42.1 Å². The zero-order valence-electron chi connectivity index (χ0n) is 10.1. The molecule has 0 fully saturated rings. The molecule has 1 heterocycles. The molecule has 4 heteroatoms. The molecular weight excluding hydrogens is 212 g/mol. The Hall–Kier alpha value is -2.10. The Labute approximate surface area is 101 Å². The zero-order chi connectivity index (χ0) is 12.1. The SMILES string of the molecule is CCNc1ncc(C)c(Nc2ccccc2)n1. The van der Waals surface area contributed by atoms with E-state index in [9.17, 15) is 0 Å².